The van der Waals surface area contributed by atoms with E-state index >= 15 is 0 Å². The van der Waals surface area contributed by atoms with E-state index in [0.29, 0.717) is 16.3 Å². The van der Waals surface area contributed by atoms with Crippen molar-refractivity contribution in [3.63, 3.8) is 0 Å². The second-order valence-corrected chi connectivity index (χ2v) is 6.16. The zero-order valence-electron chi connectivity index (χ0n) is 11.1. The van der Waals surface area contributed by atoms with Crippen molar-refractivity contribution in [2.24, 2.45) is 0 Å². The molecule has 0 aliphatic carbocycles. The van der Waals surface area contributed by atoms with E-state index in [-0.39, 0.29) is 5.91 Å². The van der Waals surface area contributed by atoms with Gasteiger partial charge in [-0.3, -0.25) is 9.78 Å². The van der Waals surface area contributed by atoms with Crippen molar-refractivity contribution in [1.82, 2.24) is 4.98 Å². The Kier molecular flexibility index (Phi) is 3.90. The number of nitrogens with one attached hydrogen (secondary N) is 1. The summed E-state index contributed by atoms with van der Waals surface area (Å²) in [4.78, 5) is 17.2. The average molecular weight is 363 g/mol. The number of carbonyl (C=O) groups excluding carboxylic acids is 1. The van der Waals surface area contributed by atoms with E-state index in [1.165, 1.54) is 11.3 Å². The summed E-state index contributed by atoms with van der Waals surface area (Å²) in [5, 5.41) is 5.66. The maximum absolute atomic E-state index is 12.3. The van der Waals surface area contributed by atoms with Crippen LogP contribution in [0.3, 0.4) is 0 Å². The molecule has 1 N–H and O–H groups in total. The van der Waals surface area contributed by atoms with Crippen LogP contribution in [0.2, 0.25) is 0 Å². The predicted molar refractivity (Wildman–Crippen MR) is 88.3 cm³/mol. The lowest BCUT2D eigenvalue weighted by Gasteiger charge is -2.07. The first-order chi connectivity index (χ1) is 10.2. The molecule has 3 aromatic rings. The highest BCUT2D eigenvalue weighted by Crippen LogP contribution is 2.26. The van der Waals surface area contributed by atoms with Crippen molar-refractivity contribution in [3.05, 3.63) is 51.3 Å². The number of carbonyl (C=O) groups is 1. The molecule has 0 radical (unpaired) electrons. The molecule has 0 bridgehead atoms. The zero-order chi connectivity index (χ0) is 14.8. The first kappa shape index (κ1) is 14.0. The quantitative estimate of drug-likeness (QED) is 0.754. The van der Waals surface area contributed by atoms with Gasteiger partial charge in [-0.15, -0.1) is 11.3 Å². The van der Waals surface area contributed by atoms with Crippen LogP contribution in [-0.4, -0.2) is 18.0 Å². The molecule has 0 atom stereocenters. The van der Waals surface area contributed by atoms with Gasteiger partial charge >= 0.3 is 0 Å². The van der Waals surface area contributed by atoms with Crippen LogP contribution >= 0.6 is 27.3 Å². The van der Waals surface area contributed by atoms with E-state index in [1.54, 1.807) is 24.8 Å². The fraction of sp³-hybridized carbons (Fsp3) is 0.0667. The highest BCUT2D eigenvalue weighted by molar-refractivity contribution is 9.10. The smallest absolute Gasteiger partial charge is 0.265 e. The van der Waals surface area contributed by atoms with Crippen LogP contribution in [0.5, 0.6) is 5.75 Å². The number of anilines is 1. The molecule has 1 aromatic carbocycles. The Balaban J connectivity index is 1.92. The number of rotatable bonds is 3. The number of aromatic nitrogens is 1. The van der Waals surface area contributed by atoms with Gasteiger partial charge in [-0.1, -0.05) is 12.1 Å². The number of pyridine rings is 1. The Bertz CT molecular complexity index is 816. The van der Waals surface area contributed by atoms with E-state index in [4.69, 9.17) is 4.74 Å². The fourth-order valence-electron chi connectivity index (χ4n) is 1.96. The SMILES string of the molecule is COc1csc(C(=O)Nc2cccc3cc(Br)cnc23)c1. The highest BCUT2D eigenvalue weighted by Gasteiger charge is 2.12. The third-order valence-electron chi connectivity index (χ3n) is 2.96. The lowest BCUT2D eigenvalue weighted by atomic mass is 10.2. The fourth-order valence-corrected chi connectivity index (χ4v) is 3.06. The minimum atomic E-state index is -0.166. The molecule has 1 amide bonds. The molecule has 0 saturated heterocycles. The van der Waals surface area contributed by atoms with Gasteiger partial charge in [0.1, 0.15) is 5.75 Å². The Hall–Kier alpha value is -1.92. The van der Waals surface area contributed by atoms with E-state index < -0.39 is 0 Å². The normalized spacial score (nSPS) is 10.6. The van der Waals surface area contributed by atoms with Gasteiger partial charge in [0.2, 0.25) is 0 Å². The van der Waals surface area contributed by atoms with Gasteiger partial charge in [0.15, 0.2) is 0 Å². The van der Waals surface area contributed by atoms with E-state index in [0.717, 1.165) is 15.4 Å². The molecule has 6 heteroatoms. The molecule has 2 heterocycles. The summed E-state index contributed by atoms with van der Waals surface area (Å²) in [6.07, 6.45) is 1.71. The average Bonchev–Trinajstić information content (AvgIpc) is 2.96. The summed E-state index contributed by atoms with van der Waals surface area (Å²) < 4.78 is 6.00. The molecule has 0 saturated carbocycles. The van der Waals surface area contributed by atoms with Crippen LogP contribution in [0, 0.1) is 0 Å². The van der Waals surface area contributed by atoms with Gasteiger partial charge in [0.25, 0.3) is 5.91 Å². The van der Waals surface area contributed by atoms with Crippen LogP contribution in [0.25, 0.3) is 10.9 Å². The van der Waals surface area contributed by atoms with Gasteiger partial charge in [0.05, 0.1) is 23.2 Å². The minimum Gasteiger partial charge on any atom is -0.496 e. The summed E-state index contributed by atoms with van der Waals surface area (Å²) >= 11 is 4.74. The number of hydrogen-bond acceptors (Lipinski definition) is 4. The molecule has 0 spiro atoms. The molecule has 0 aliphatic rings. The van der Waals surface area contributed by atoms with E-state index in [1.807, 2.05) is 24.3 Å². The van der Waals surface area contributed by atoms with Gasteiger partial charge in [0, 0.05) is 27.5 Å². The van der Waals surface area contributed by atoms with Crippen LogP contribution in [0.15, 0.2) is 46.4 Å². The van der Waals surface area contributed by atoms with Crippen LogP contribution in [0.1, 0.15) is 9.67 Å². The number of nitrogens with zero attached hydrogens (tertiary/aromatic N) is 1. The Morgan fingerprint density at radius 1 is 1.38 bits per heavy atom. The molecule has 21 heavy (non-hydrogen) atoms. The molecule has 3 rings (SSSR count). The van der Waals surface area contributed by atoms with Gasteiger partial charge < -0.3 is 10.1 Å². The van der Waals surface area contributed by atoms with Crippen LogP contribution in [0.4, 0.5) is 5.69 Å². The standard InChI is InChI=1S/C15H11BrN2O2S/c1-20-11-6-13(21-8-11)15(19)18-12-4-2-3-9-5-10(16)7-17-14(9)12/h2-8H,1H3,(H,18,19). The number of benzene rings is 1. The van der Waals surface area contributed by atoms with Crippen molar-refractivity contribution < 1.29 is 9.53 Å². The monoisotopic (exact) mass is 362 g/mol. The third-order valence-corrected chi connectivity index (χ3v) is 4.30. The van der Waals surface area contributed by atoms with Crippen molar-refractivity contribution in [2.45, 2.75) is 0 Å². The maximum atomic E-state index is 12.3. The molecular weight excluding hydrogens is 352 g/mol. The van der Waals surface area contributed by atoms with Crippen LogP contribution in [-0.2, 0) is 0 Å². The lowest BCUT2D eigenvalue weighted by Crippen LogP contribution is -2.10. The number of para-hydroxylation sites is 1. The summed E-state index contributed by atoms with van der Waals surface area (Å²) in [6.45, 7) is 0. The topological polar surface area (TPSA) is 51.2 Å². The Labute approximate surface area is 133 Å². The maximum Gasteiger partial charge on any atom is 0.265 e. The summed E-state index contributed by atoms with van der Waals surface area (Å²) in [6, 6.07) is 9.37. The molecule has 0 fully saturated rings. The second kappa shape index (κ2) is 5.83. The largest absolute Gasteiger partial charge is 0.496 e. The highest BCUT2D eigenvalue weighted by atomic mass is 79.9. The lowest BCUT2D eigenvalue weighted by molar-refractivity contribution is 0.103. The minimum absolute atomic E-state index is 0.166. The first-order valence-corrected chi connectivity index (χ1v) is 7.83. The predicted octanol–water partition coefficient (Wildman–Crippen LogP) is 4.32. The van der Waals surface area contributed by atoms with Crippen molar-refractivity contribution >= 4 is 49.8 Å². The number of amides is 1. The molecule has 0 unspecified atom stereocenters. The number of ether oxygens (including phenoxy) is 1. The van der Waals surface area contributed by atoms with E-state index in [2.05, 4.69) is 26.2 Å². The number of thiophene rings is 1. The van der Waals surface area contributed by atoms with Gasteiger partial charge in [-0.05, 0) is 28.1 Å². The number of methoxy groups -OCH3 is 1. The van der Waals surface area contributed by atoms with Crippen molar-refractivity contribution in [3.8, 4) is 5.75 Å². The second-order valence-electron chi connectivity index (χ2n) is 4.34. The van der Waals surface area contributed by atoms with Crippen molar-refractivity contribution in [2.75, 3.05) is 12.4 Å². The molecule has 0 aliphatic heterocycles. The number of hydrogen-bond donors (Lipinski definition) is 1. The molecule has 4 nitrogen and oxygen atoms in total. The Morgan fingerprint density at radius 3 is 3.00 bits per heavy atom. The first-order valence-electron chi connectivity index (χ1n) is 6.15. The molecule has 2 aromatic heterocycles. The number of halogens is 1. The third kappa shape index (κ3) is 2.91. The molecular formula is C15H11BrN2O2S. The zero-order valence-corrected chi connectivity index (χ0v) is 13.5. The van der Waals surface area contributed by atoms with Gasteiger partial charge in [-0.25, -0.2) is 0 Å². The van der Waals surface area contributed by atoms with E-state index in [9.17, 15) is 4.79 Å². The summed E-state index contributed by atoms with van der Waals surface area (Å²) in [5.74, 6) is 0.519. The van der Waals surface area contributed by atoms with Gasteiger partial charge in [-0.2, -0.15) is 0 Å². The number of fused-ring (bicyclic) bond motifs is 1. The van der Waals surface area contributed by atoms with Crippen LogP contribution < -0.4 is 10.1 Å². The molecule has 106 valence electrons. The Morgan fingerprint density at radius 2 is 2.24 bits per heavy atom. The summed E-state index contributed by atoms with van der Waals surface area (Å²) in [5.41, 5.74) is 1.45. The summed E-state index contributed by atoms with van der Waals surface area (Å²) in [7, 11) is 1.58. The van der Waals surface area contributed by atoms with Crippen molar-refractivity contribution in [1.29, 1.82) is 0 Å².